The molecule has 1 aliphatic rings. The van der Waals surface area contributed by atoms with Crippen LogP contribution in [0.3, 0.4) is 0 Å². The van der Waals surface area contributed by atoms with Gasteiger partial charge in [0.05, 0.1) is 12.2 Å². The molecule has 6 nitrogen and oxygen atoms in total. The minimum atomic E-state index is 0.182. The van der Waals surface area contributed by atoms with Gasteiger partial charge < -0.3 is 9.84 Å². The molecule has 2 aromatic rings. The predicted octanol–water partition coefficient (Wildman–Crippen LogP) is 1.34. The summed E-state index contributed by atoms with van der Waals surface area (Å²) in [6.07, 6.45) is 8.31. The van der Waals surface area contributed by atoms with Gasteiger partial charge >= 0.3 is 0 Å². The maximum atomic E-state index is 5.27. The summed E-state index contributed by atoms with van der Waals surface area (Å²) in [7, 11) is 0. The Balaban J connectivity index is 1.83. The molecule has 1 atom stereocenters. The van der Waals surface area contributed by atoms with Gasteiger partial charge in [-0.2, -0.15) is 4.98 Å². The molecule has 88 valence electrons. The molecule has 0 spiro atoms. The summed E-state index contributed by atoms with van der Waals surface area (Å²) in [5.74, 6) is 1.14. The Kier molecular flexibility index (Phi) is 2.79. The largest absolute Gasteiger partial charge is 0.337 e. The average molecular weight is 231 g/mol. The van der Waals surface area contributed by atoms with E-state index in [0.717, 1.165) is 13.0 Å². The lowest BCUT2D eigenvalue weighted by Crippen LogP contribution is -2.26. The van der Waals surface area contributed by atoms with E-state index in [1.807, 2.05) is 0 Å². The van der Waals surface area contributed by atoms with E-state index in [9.17, 15) is 0 Å². The molecule has 1 fully saturated rings. The molecule has 3 rings (SSSR count). The first-order valence-corrected chi connectivity index (χ1v) is 5.77. The number of rotatable bonds is 2. The zero-order chi connectivity index (χ0) is 11.5. The smallest absolute Gasteiger partial charge is 0.244 e. The van der Waals surface area contributed by atoms with Gasteiger partial charge in [0.2, 0.25) is 11.7 Å². The molecule has 6 heteroatoms. The quantitative estimate of drug-likeness (QED) is 0.840. The van der Waals surface area contributed by atoms with Crippen LogP contribution in [-0.2, 0) is 0 Å². The molecular weight excluding hydrogens is 218 g/mol. The second kappa shape index (κ2) is 4.58. The van der Waals surface area contributed by atoms with Crippen molar-refractivity contribution in [2.75, 3.05) is 6.54 Å². The number of nitrogens with zero attached hydrogens (tertiary/aromatic N) is 4. The zero-order valence-corrected chi connectivity index (χ0v) is 9.33. The molecule has 0 aliphatic carbocycles. The highest BCUT2D eigenvalue weighted by molar-refractivity contribution is 5.45. The summed E-state index contributed by atoms with van der Waals surface area (Å²) in [5.41, 5.74) is 0.637. The van der Waals surface area contributed by atoms with Crippen LogP contribution in [0.15, 0.2) is 23.1 Å². The Morgan fingerprint density at radius 3 is 3.06 bits per heavy atom. The molecule has 1 aliphatic heterocycles. The van der Waals surface area contributed by atoms with Crippen LogP contribution in [0.2, 0.25) is 0 Å². The third kappa shape index (κ3) is 2.16. The first-order chi connectivity index (χ1) is 8.43. The van der Waals surface area contributed by atoms with Crippen LogP contribution >= 0.6 is 0 Å². The van der Waals surface area contributed by atoms with Crippen LogP contribution in [0.5, 0.6) is 0 Å². The summed E-state index contributed by atoms with van der Waals surface area (Å²) < 4.78 is 5.27. The lowest BCUT2D eigenvalue weighted by atomic mass is 10.1. The molecule has 1 unspecified atom stereocenters. The van der Waals surface area contributed by atoms with Crippen LogP contribution in [-0.4, -0.2) is 26.7 Å². The van der Waals surface area contributed by atoms with Gasteiger partial charge in [-0.05, 0) is 19.4 Å². The van der Waals surface area contributed by atoms with Crippen molar-refractivity contribution in [3.8, 4) is 11.5 Å². The van der Waals surface area contributed by atoms with Crippen molar-refractivity contribution in [3.05, 3.63) is 24.5 Å². The van der Waals surface area contributed by atoms with Crippen molar-refractivity contribution in [2.45, 2.75) is 25.3 Å². The minimum Gasteiger partial charge on any atom is -0.337 e. The summed E-state index contributed by atoms with van der Waals surface area (Å²) >= 11 is 0. The molecule has 1 saturated heterocycles. The second-order valence-electron chi connectivity index (χ2n) is 4.05. The molecule has 0 radical (unpaired) electrons. The molecule has 0 saturated carbocycles. The maximum Gasteiger partial charge on any atom is 0.244 e. The van der Waals surface area contributed by atoms with Crippen molar-refractivity contribution in [2.24, 2.45) is 0 Å². The molecule has 0 amide bonds. The minimum absolute atomic E-state index is 0.182. The first-order valence-electron chi connectivity index (χ1n) is 5.77. The fourth-order valence-electron chi connectivity index (χ4n) is 1.96. The fourth-order valence-corrected chi connectivity index (χ4v) is 1.96. The van der Waals surface area contributed by atoms with E-state index in [1.165, 1.54) is 12.8 Å². The maximum absolute atomic E-state index is 5.27. The van der Waals surface area contributed by atoms with E-state index in [1.54, 1.807) is 18.6 Å². The average Bonchev–Trinajstić information content (AvgIpc) is 2.90. The van der Waals surface area contributed by atoms with Gasteiger partial charge in [0.25, 0.3) is 0 Å². The summed E-state index contributed by atoms with van der Waals surface area (Å²) in [6, 6.07) is 0.182. The van der Waals surface area contributed by atoms with Crippen molar-refractivity contribution in [1.29, 1.82) is 0 Å². The van der Waals surface area contributed by atoms with Crippen LogP contribution in [0.1, 0.15) is 31.2 Å². The highest BCUT2D eigenvalue weighted by Crippen LogP contribution is 2.23. The highest BCUT2D eigenvalue weighted by atomic mass is 16.5. The standard InChI is InChI=1S/C11H13N5O/c1-2-4-13-8(3-1)11-15-10(16-17-11)9-7-12-5-6-14-9/h5-8,13H,1-4H2. The number of aromatic nitrogens is 4. The lowest BCUT2D eigenvalue weighted by molar-refractivity contribution is 0.297. The summed E-state index contributed by atoms with van der Waals surface area (Å²) in [5, 5.41) is 7.30. The molecule has 1 N–H and O–H groups in total. The number of hydrogen-bond acceptors (Lipinski definition) is 6. The highest BCUT2D eigenvalue weighted by Gasteiger charge is 2.21. The van der Waals surface area contributed by atoms with Gasteiger partial charge in [-0.1, -0.05) is 11.6 Å². The Labute approximate surface area is 98.5 Å². The summed E-state index contributed by atoms with van der Waals surface area (Å²) in [4.78, 5) is 12.5. The van der Waals surface area contributed by atoms with Crippen LogP contribution < -0.4 is 5.32 Å². The van der Waals surface area contributed by atoms with Crippen LogP contribution in [0, 0.1) is 0 Å². The van der Waals surface area contributed by atoms with Gasteiger partial charge in [-0.25, -0.2) is 4.98 Å². The number of piperidine rings is 1. The molecule has 17 heavy (non-hydrogen) atoms. The van der Waals surface area contributed by atoms with E-state index in [-0.39, 0.29) is 6.04 Å². The molecule has 0 bridgehead atoms. The topological polar surface area (TPSA) is 76.7 Å². The zero-order valence-electron chi connectivity index (χ0n) is 9.33. The Morgan fingerprint density at radius 2 is 2.29 bits per heavy atom. The third-order valence-corrected chi connectivity index (χ3v) is 2.84. The molecule has 2 aromatic heterocycles. The van der Waals surface area contributed by atoms with E-state index < -0.39 is 0 Å². The predicted molar refractivity (Wildman–Crippen MR) is 59.9 cm³/mol. The number of nitrogens with one attached hydrogen (secondary N) is 1. The fraction of sp³-hybridized carbons (Fsp3) is 0.455. The second-order valence-corrected chi connectivity index (χ2v) is 4.05. The van der Waals surface area contributed by atoms with E-state index in [4.69, 9.17) is 4.52 Å². The van der Waals surface area contributed by atoms with Gasteiger partial charge in [0, 0.05) is 12.4 Å². The van der Waals surface area contributed by atoms with Crippen LogP contribution in [0.4, 0.5) is 0 Å². The Morgan fingerprint density at radius 1 is 1.29 bits per heavy atom. The van der Waals surface area contributed by atoms with E-state index in [2.05, 4.69) is 25.4 Å². The van der Waals surface area contributed by atoms with Crippen LogP contribution in [0.25, 0.3) is 11.5 Å². The number of hydrogen-bond donors (Lipinski definition) is 1. The van der Waals surface area contributed by atoms with Crippen molar-refractivity contribution < 1.29 is 4.52 Å². The molecule has 0 aromatic carbocycles. The molecule has 3 heterocycles. The van der Waals surface area contributed by atoms with E-state index in [0.29, 0.717) is 17.4 Å². The Hall–Kier alpha value is -1.82. The van der Waals surface area contributed by atoms with Crippen molar-refractivity contribution in [3.63, 3.8) is 0 Å². The van der Waals surface area contributed by atoms with Gasteiger partial charge in [0.15, 0.2) is 0 Å². The SMILES string of the molecule is c1cnc(-c2noc(C3CCCCN3)n2)cn1. The summed E-state index contributed by atoms with van der Waals surface area (Å²) in [6.45, 7) is 1.01. The third-order valence-electron chi connectivity index (χ3n) is 2.84. The van der Waals surface area contributed by atoms with Gasteiger partial charge in [0.1, 0.15) is 5.69 Å². The van der Waals surface area contributed by atoms with Crippen molar-refractivity contribution in [1.82, 2.24) is 25.4 Å². The van der Waals surface area contributed by atoms with Crippen molar-refractivity contribution >= 4 is 0 Å². The first kappa shape index (κ1) is 10.3. The normalized spacial score (nSPS) is 20.4. The van der Waals surface area contributed by atoms with E-state index >= 15 is 0 Å². The van der Waals surface area contributed by atoms with Gasteiger partial charge in [-0.3, -0.25) is 4.98 Å². The van der Waals surface area contributed by atoms with Gasteiger partial charge in [-0.15, -0.1) is 0 Å². The molecular formula is C11H13N5O. The monoisotopic (exact) mass is 231 g/mol. The Bertz CT molecular complexity index is 478. The lowest BCUT2D eigenvalue weighted by Gasteiger charge is -2.19.